The van der Waals surface area contributed by atoms with Crippen LogP contribution in [0.25, 0.3) is 0 Å². The van der Waals surface area contributed by atoms with E-state index in [1.807, 2.05) is 56.1 Å². The standard InChI is InChI=1S/C24H36N4O5/c1-5-32-23(30)21(16-28-13-11-27(4)12-14-28)25-22(29)20(15-18(2)3)26-24(31)33-17-19-9-7-6-8-10-19/h6-10,16,18,20H,5,11-15,17H2,1-4H3,(H,25,29)(H,26,31)/b21-16+. The molecular weight excluding hydrogens is 424 g/mol. The zero-order valence-electron chi connectivity index (χ0n) is 20.0. The van der Waals surface area contributed by atoms with Gasteiger partial charge in [0.2, 0.25) is 5.91 Å². The van der Waals surface area contributed by atoms with Gasteiger partial charge in [-0.05, 0) is 31.9 Å². The summed E-state index contributed by atoms with van der Waals surface area (Å²) in [4.78, 5) is 42.1. The van der Waals surface area contributed by atoms with Crippen molar-refractivity contribution >= 4 is 18.0 Å². The van der Waals surface area contributed by atoms with E-state index in [0.29, 0.717) is 6.42 Å². The third kappa shape index (κ3) is 9.53. The second-order valence-electron chi connectivity index (χ2n) is 8.48. The zero-order valence-corrected chi connectivity index (χ0v) is 20.0. The van der Waals surface area contributed by atoms with Crippen LogP contribution in [0.2, 0.25) is 0 Å². The number of amides is 2. The second kappa shape index (κ2) is 13.5. The Kier molecular flexibility index (Phi) is 10.7. The number of carbonyl (C=O) groups is 3. The molecule has 1 aromatic rings. The summed E-state index contributed by atoms with van der Waals surface area (Å²) >= 11 is 0. The maximum atomic E-state index is 13.0. The Morgan fingerprint density at radius 2 is 1.73 bits per heavy atom. The van der Waals surface area contributed by atoms with Crippen molar-refractivity contribution in [2.45, 2.75) is 39.8 Å². The topological polar surface area (TPSA) is 100 Å². The first-order valence-electron chi connectivity index (χ1n) is 11.4. The Morgan fingerprint density at radius 1 is 1.06 bits per heavy atom. The van der Waals surface area contributed by atoms with E-state index in [0.717, 1.165) is 31.7 Å². The zero-order chi connectivity index (χ0) is 24.2. The van der Waals surface area contributed by atoms with Crippen LogP contribution < -0.4 is 10.6 Å². The Bertz CT molecular complexity index is 804. The molecule has 0 bridgehead atoms. The molecule has 1 unspecified atom stereocenters. The molecule has 9 nitrogen and oxygen atoms in total. The molecule has 1 fully saturated rings. The molecule has 1 aliphatic rings. The minimum absolute atomic E-state index is 0.0552. The van der Waals surface area contributed by atoms with Crippen molar-refractivity contribution in [1.29, 1.82) is 0 Å². The molecule has 1 saturated heterocycles. The molecule has 0 radical (unpaired) electrons. The van der Waals surface area contributed by atoms with E-state index in [2.05, 4.69) is 15.5 Å². The van der Waals surface area contributed by atoms with Crippen LogP contribution in [0.3, 0.4) is 0 Å². The number of ether oxygens (including phenoxy) is 2. The van der Waals surface area contributed by atoms with E-state index >= 15 is 0 Å². The molecule has 0 saturated carbocycles. The van der Waals surface area contributed by atoms with Crippen LogP contribution in [0.1, 0.15) is 32.8 Å². The number of rotatable bonds is 10. The fraction of sp³-hybridized carbons (Fsp3) is 0.542. The van der Waals surface area contributed by atoms with Gasteiger partial charge in [-0.15, -0.1) is 0 Å². The maximum Gasteiger partial charge on any atom is 0.408 e. The summed E-state index contributed by atoms with van der Waals surface area (Å²) in [6, 6.07) is 8.42. The highest BCUT2D eigenvalue weighted by atomic mass is 16.5. The Morgan fingerprint density at radius 3 is 2.33 bits per heavy atom. The predicted octanol–water partition coefficient (Wildman–Crippen LogP) is 2.10. The summed E-state index contributed by atoms with van der Waals surface area (Å²) in [5.41, 5.74) is 0.900. The van der Waals surface area contributed by atoms with Crippen molar-refractivity contribution in [3.8, 4) is 0 Å². The van der Waals surface area contributed by atoms with Gasteiger partial charge in [0, 0.05) is 32.4 Å². The largest absolute Gasteiger partial charge is 0.461 e. The summed E-state index contributed by atoms with van der Waals surface area (Å²) in [5.74, 6) is -0.976. The quantitative estimate of drug-likeness (QED) is 0.407. The summed E-state index contributed by atoms with van der Waals surface area (Å²) in [6.07, 6.45) is 1.32. The fourth-order valence-corrected chi connectivity index (χ4v) is 3.31. The van der Waals surface area contributed by atoms with Crippen molar-refractivity contribution in [3.05, 3.63) is 47.8 Å². The summed E-state index contributed by atoms with van der Waals surface area (Å²) in [6.45, 7) is 9.06. The van der Waals surface area contributed by atoms with Gasteiger partial charge in [0.25, 0.3) is 0 Å². The SMILES string of the molecule is CCOC(=O)/C(=C\N1CCN(C)CC1)NC(=O)C(CC(C)C)NC(=O)OCc1ccccc1. The van der Waals surface area contributed by atoms with Crippen molar-refractivity contribution in [2.24, 2.45) is 5.92 Å². The fourth-order valence-electron chi connectivity index (χ4n) is 3.31. The Balaban J connectivity index is 2.05. The molecule has 0 spiro atoms. The first kappa shape index (κ1) is 26.2. The summed E-state index contributed by atoms with van der Waals surface area (Å²) < 4.78 is 10.4. The van der Waals surface area contributed by atoms with Gasteiger partial charge in [0.15, 0.2) is 0 Å². The van der Waals surface area contributed by atoms with Gasteiger partial charge in [-0.2, -0.15) is 0 Å². The lowest BCUT2D eigenvalue weighted by molar-refractivity contribution is -0.140. The number of hydrogen-bond acceptors (Lipinski definition) is 7. The number of hydrogen-bond donors (Lipinski definition) is 2. The van der Waals surface area contributed by atoms with E-state index in [-0.39, 0.29) is 24.8 Å². The molecule has 1 aromatic carbocycles. The van der Waals surface area contributed by atoms with Gasteiger partial charge in [0.05, 0.1) is 6.61 Å². The molecule has 182 valence electrons. The number of piperazine rings is 1. The van der Waals surface area contributed by atoms with E-state index in [1.165, 1.54) is 0 Å². The highest BCUT2D eigenvalue weighted by Crippen LogP contribution is 2.09. The molecule has 33 heavy (non-hydrogen) atoms. The van der Waals surface area contributed by atoms with E-state index in [4.69, 9.17) is 9.47 Å². The van der Waals surface area contributed by atoms with Crippen molar-refractivity contribution in [3.63, 3.8) is 0 Å². The average molecular weight is 461 g/mol. The van der Waals surface area contributed by atoms with Crippen LogP contribution in [-0.2, 0) is 25.7 Å². The number of alkyl carbamates (subject to hydrolysis) is 1. The lowest BCUT2D eigenvalue weighted by atomic mass is 10.0. The minimum atomic E-state index is -0.862. The van der Waals surface area contributed by atoms with E-state index < -0.39 is 24.0 Å². The molecule has 1 heterocycles. The molecule has 2 amide bonds. The van der Waals surface area contributed by atoms with Gasteiger partial charge < -0.3 is 29.9 Å². The molecule has 2 rings (SSSR count). The Labute approximate surface area is 196 Å². The number of benzene rings is 1. The molecule has 0 aliphatic carbocycles. The molecule has 0 aromatic heterocycles. The van der Waals surface area contributed by atoms with Crippen LogP contribution in [0, 0.1) is 5.92 Å². The van der Waals surface area contributed by atoms with Gasteiger partial charge in [-0.1, -0.05) is 44.2 Å². The lowest BCUT2D eigenvalue weighted by Crippen LogP contribution is -2.48. The monoisotopic (exact) mass is 460 g/mol. The molecule has 1 aliphatic heterocycles. The van der Waals surface area contributed by atoms with Gasteiger partial charge >= 0.3 is 12.1 Å². The molecule has 2 N–H and O–H groups in total. The van der Waals surface area contributed by atoms with Crippen molar-refractivity contribution in [2.75, 3.05) is 39.8 Å². The first-order valence-corrected chi connectivity index (χ1v) is 11.4. The van der Waals surface area contributed by atoms with Crippen LogP contribution in [0.4, 0.5) is 4.79 Å². The number of nitrogens with zero attached hydrogens (tertiary/aromatic N) is 2. The highest BCUT2D eigenvalue weighted by molar-refractivity contribution is 5.96. The highest BCUT2D eigenvalue weighted by Gasteiger charge is 2.26. The van der Waals surface area contributed by atoms with Crippen LogP contribution in [0.15, 0.2) is 42.2 Å². The van der Waals surface area contributed by atoms with Gasteiger partial charge in [0.1, 0.15) is 18.3 Å². The number of esters is 1. The maximum absolute atomic E-state index is 13.0. The second-order valence-corrected chi connectivity index (χ2v) is 8.48. The number of nitrogens with one attached hydrogen (secondary N) is 2. The van der Waals surface area contributed by atoms with Crippen molar-refractivity contribution < 1.29 is 23.9 Å². The van der Waals surface area contributed by atoms with Crippen LogP contribution >= 0.6 is 0 Å². The lowest BCUT2D eigenvalue weighted by Gasteiger charge is -2.32. The van der Waals surface area contributed by atoms with Gasteiger partial charge in [-0.25, -0.2) is 9.59 Å². The van der Waals surface area contributed by atoms with Crippen LogP contribution in [-0.4, -0.2) is 73.6 Å². The third-order valence-corrected chi connectivity index (χ3v) is 5.13. The van der Waals surface area contributed by atoms with E-state index in [1.54, 1.807) is 13.1 Å². The molecule has 1 atom stereocenters. The minimum Gasteiger partial charge on any atom is -0.461 e. The first-order chi connectivity index (χ1) is 15.8. The predicted molar refractivity (Wildman–Crippen MR) is 125 cm³/mol. The smallest absolute Gasteiger partial charge is 0.408 e. The normalized spacial score (nSPS) is 15.7. The van der Waals surface area contributed by atoms with Crippen LogP contribution in [0.5, 0.6) is 0 Å². The average Bonchev–Trinajstić information content (AvgIpc) is 2.78. The molecule has 9 heteroatoms. The van der Waals surface area contributed by atoms with E-state index in [9.17, 15) is 14.4 Å². The summed E-state index contributed by atoms with van der Waals surface area (Å²) in [5, 5.41) is 5.30. The third-order valence-electron chi connectivity index (χ3n) is 5.13. The summed E-state index contributed by atoms with van der Waals surface area (Å²) in [7, 11) is 2.04. The van der Waals surface area contributed by atoms with Crippen molar-refractivity contribution in [1.82, 2.24) is 20.4 Å². The number of likely N-dealkylation sites (N-methyl/N-ethyl adjacent to an activating group) is 1. The van der Waals surface area contributed by atoms with Gasteiger partial charge in [-0.3, -0.25) is 4.79 Å². The molecular formula is C24H36N4O5. The number of carbonyl (C=O) groups excluding carboxylic acids is 3. The Hall–Kier alpha value is -3.07.